The summed E-state index contributed by atoms with van der Waals surface area (Å²) in [5.74, 6) is 0. The zero-order chi connectivity index (χ0) is 10.5. The number of hydrogen-bond donors (Lipinski definition) is 0. The van der Waals surface area contributed by atoms with Gasteiger partial charge in [0.15, 0.2) is 0 Å². The molecule has 74 valence electrons. The second-order valence-electron chi connectivity index (χ2n) is 3.16. The quantitative estimate of drug-likeness (QED) is 0.693. The number of aromatic nitrogens is 1. The largest absolute Gasteiger partial charge is 0.244 e. The Morgan fingerprint density at radius 3 is 2.27 bits per heavy atom. The molecule has 0 saturated carbocycles. The first kappa shape index (κ1) is 9.94. The third-order valence-corrected chi connectivity index (χ3v) is 2.24. The second-order valence-corrected chi connectivity index (χ2v) is 3.55. The van der Waals surface area contributed by atoms with E-state index in [2.05, 4.69) is 17.1 Å². The minimum absolute atomic E-state index is 0.520. The van der Waals surface area contributed by atoms with E-state index in [-0.39, 0.29) is 0 Å². The molecule has 1 aromatic carbocycles. The Balaban J connectivity index is 2.15. The first-order valence-corrected chi connectivity index (χ1v) is 5.07. The standard InChI is InChI=1S/C13H10ClN/c14-13-9-8-12(10-15-13)7-6-11-4-2-1-3-5-11/h1-10H/b7-6+. The zero-order valence-corrected chi connectivity index (χ0v) is 8.85. The first-order chi connectivity index (χ1) is 7.34. The van der Waals surface area contributed by atoms with Crippen LogP contribution in [0.2, 0.25) is 5.15 Å². The minimum atomic E-state index is 0.520. The number of halogens is 1. The van der Waals surface area contributed by atoms with Gasteiger partial charge in [0, 0.05) is 6.20 Å². The highest BCUT2D eigenvalue weighted by Crippen LogP contribution is 2.09. The van der Waals surface area contributed by atoms with Gasteiger partial charge in [0.25, 0.3) is 0 Å². The van der Waals surface area contributed by atoms with Gasteiger partial charge in [-0.2, -0.15) is 0 Å². The van der Waals surface area contributed by atoms with Gasteiger partial charge in [-0.1, -0.05) is 60.2 Å². The lowest BCUT2D eigenvalue weighted by Gasteiger charge is -1.93. The summed E-state index contributed by atoms with van der Waals surface area (Å²) in [7, 11) is 0. The molecule has 0 N–H and O–H groups in total. The van der Waals surface area contributed by atoms with E-state index in [1.54, 1.807) is 12.3 Å². The molecule has 0 aliphatic rings. The molecule has 0 bridgehead atoms. The molecular weight excluding hydrogens is 206 g/mol. The lowest BCUT2D eigenvalue weighted by Crippen LogP contribution is -1.76. The Kier molecular flexibility index (Phi) is 3.15. The summed E-state index contributed by atoms with van der Waals surface area (Å²) in [6.45, 7) is 0. The Hall–Kier alpha value is -1.60. The normalized spacial score (nSPS) is 10.7. The zero-order valence-electron chi connectivity index (χ0n) is 8.10. The number of nitrogens with zero attached hydrogens (tertiary/aromatic N) is 1. The molecule has 2 rings (SSSR count). The van der Waals surface area contributed by atoms with Gasteiger partial charge >= 0.3 is 0 Å². The topological polar surface area (TPSA) is 12.9 Å². The summed E-state index contributed by atoms with van der Waals surface area (Å²) in [5.41, 5.74) is 2.22. The molecule has 0 unspecified atom stereocenters. The van der Waals surface area contributed by atoms with Crippen LogP contribution in [-0.2, 0) is 0 Å². The molecule has 0 spiro atoms. The van der Waals surface area contributed by atoms with E-state index in [1.165, 1.54) is 5.56 Å². The van der Waals surface area contributed by atoms with Crippen molar-refractivity contribution in [2.75, 3.05) is 0 Å². The Morgan fingerprint density at radius 2 is 1.60 bits per heavy atom. The molecule has 0 saturated heterocycles. The highest BCUT2D eigenvalue weighted by atomic mass is 35.5. The maximum Gasteiger partial charge on any atom is 0.129 e. The van der Waals surface area contributed by atoms with Crippen molar-refractivity contribution in [1.82, 2.24) is 4.98 Å². The maximum absolute atomic E-state index is 5.69. The molecule has 15 heavy (non-hydrogen) atoms. The van der Waals surface area contributed by atoms with Crippen LogP contribution >= 0.6 is 11.6 Å². The van der Waals surface area contributed by atoms with E-state index in [4.69, 9.17) is 11.6 Å². The SMILES string of the molecule is Clc1ccc(/C=C/c2ccccc2)cn1. The van der Waals surface area contributed by atoms with Crippen LogP contribution in [0.1, 0.15) is 11.1 Å². The predicted octanol–water partition coefficient (Wildman–Crippen LogP) is 3.91. The van der Waals surface area contributed by atoms with Gasteiger partial charge in [0.05, 0.1) is 0 Å². The van der Waals surface area contributed by atoms with Crippen molar-refractivity contribution in [3.63, 3.8) is 0 Å². The molecular formula is C13H10ClN. The van der Waals surface area contributed by atoms with Gasteiger partial charge in [-0.15, -0.1) is 0 Å². The van der Waals surface area contributed by atoms with Gasteiger partial charge in [-0.05, 0) is 17.2 Å². The van der Waals surface area contributed by atoms with Gasteiger partial charge in [0.2, 0.25) is 0 Å². The number of benzene rings is 1. The molecule has 0 fully saturated rings. The molecule has 1 nitrogen and oxygen atoms in total. The Labute approximate surface area is 94.1 Å². The van der Waals surface area contributed by atoms with Crippen LogP contribution in [0.5, 0.6) is 0 Å². The summed E-state index contributed by atoms with van der Waals surface area (Å²) in [6, 6.07) is 13.9. The van der Waals surface area contributed by atoms with Crippen LogP contribution in [0.15, 0.2) is 48.7 Å². The predicted molar refractivity (Wildman–Crippen MR) is 64.6 cm³/mol. The molecule has 2 heteroatoms. The molecule has 0 aliphatic carbocycles. The van der Waals surface area contributed by atoms with Gasteiger partial charge in [-0.25, -0.2) is 4.98 Å². The average Bonchev–Trinajstić information content (AvgIpc) is 2.30. The number of hydrogen-bond acceptors (Lipinski definition) is 1. The van der Waals surface area contributed by atoms with Crippen molar-refractivity contribution in [1.29, 1.82) is 0 Å². The van der Waals surface area contributed by atoms with E-state index in [1.807, 2.05) is 36.4 Å². The smallest absolute Gasteiger partial charge is 0.129 e. The van der Waals surface area contributed by atoms with Crippen molar-refractivity contribution in [3.8, 4) is 0 Å². The lowest BCUT2D eigenvalue weighted by molar-refractivity contribution is 1.32. The molecule has 0 atom stereocenters. The van der Waals surface area contributed by atoms with Crippen molar-refractivity contribution in [2.24, 2.45) is 0 Å². The molecule has 1 heterocycles. The van der Waals surface area contributed by atoms with E-state index in [0.717, 1.165) is 5.56 Å². The van der Waals surface area contributed by atoms with E-state index >= 15 is 0 Å². The third-order valence-electron chi connectivity index (χ3n) is 2.02. The van der Waals surface area contributed by atoms with Crippen LogP contribution in [0.3, 0.4) is 0 Å². The lowest BCUT2D eigenvalue weighted by atomic mass is 10.2. The fourth-order valence-corrected chi connectivity index (χ4v) is 1.35. The average molecular weight is 216 g/mol. The third kappa shape index (κ3) is 2.93. The number of rotatable bonds is 2. The highest BCUT2D eigenvalue weighted by Gasteiger charge is 1.89. The molecule has 0 aliphatic heterocycles. The number of pyridine rings is 1. The minimum Gasteiger partial charge on any atom is -0.244 e. The summed E-state index contributed by atoms with van der Waals surface area (Å²) in [6.07, 6.45) is 5.81. The fourth-order valence-electron chi connectivity index (χ4n) is 1.24. The van der Waals surface area contributed by atoms with Crippen LogP contribution in [0.4, 0.5) is 0 Å². The first-order valence-electron chi connectivity index (χ1n) is 4.69. The Morgan fingerprint density at radius 1 is 0.867 bits per heavy atom. The summed E-state index contributed by atoms with van der Waals surface area (Å²) < 4.78 is 0. The van der Waals surface area contributed by atoms with E-state index < -0.39 is 0 Å². The van der Waals surface area contributed by atoms with Gasteiger partial charge in [-0.3, -0.25) is 0 Å². The summed E-state index contributed by atoms with van der Waals surface area (Å²) >= 11 is 5.69. The summed E-state index contributed by atoms with van der Waals surface area (Å²) in [5, 5.41) is 0.520. The molecule has 1 aromatic heterocycles. The monoisotopic (exact) mass is 215 g/mol. The van der Waals surface area contributed by atoms with Crippen molar-refractivity contribution < 1.29 is 0 Å². The molecule has 2 aromatic rings. The van der Waals surface area contributed by atoms with Gasteiger partial charge in [0.1, 0.15) is 5.15 Å². The van der Waals surface area contributed by atoms with E-state index in [0.29, 0.717) is 5.15 Å². The van der Waals surface area contributed by atoms with Crippen LogP contribution in [-0.4, -0.2) is 4.98 Å². The highest BCUT2D eigenvalue weighted by molar-refractivity contribution is 6.29. The molecule has 0 amide bonds. The van der Waals surface area contributed by atoms with Crippen LogP contribution in [0, 0.1) is 0 Å². The van der Waals surface area contributed by atoms with Crippen LogP contribution in [0.25, 0.3) is 12.2 Å². The second kappa shape index (κ2) is 4.76. The molecule has 0 radical (unpaired) electrons. The van der Waals surface area contributed by atoms with Crippen LogP contribution < -0.4 is 0 Å². The van der Waals surface area contributed by atoms with Crippen molar-refractivity contribution in [2.45, 2.75) is 0 Å². The van der Waals surface area contributed by atoms with Crippen molar-refractivity contribution >= 4 is 23.8 Å². The van der Waals surface area contributed by atoms with Crippen molar-refractivity contribution in [3.05, 3.63) is 64.9 Å². The van der Waals surface area contributed by atoms with Gasteiger partial charge < -0.3 is 0 Å². The fraction of sp³-hybridized carbons (Fsp3) is 0. The summed E-state index contributed by atoms with van der Waals surface area (Å²) in [4.78, 5) is 4.01. The maximum atomic E-state index is 5.69. The van der Waals surface area contributed by atoms with E-state index in [9.17, 15) is 0 Å². The Bertz CT molecular complexity index is 446.